The predicted molar refractivity (Wildman–Crippen MR) is 316 cm³/mol. The summed E-state index contributed by atoms with van der Waals surface area (Å²) < 4.78 is 0. The van der Waals surface area contributed by atoms with Crippen LogP contribution in [-0.4, -0.2) is 4.98 Å². The Bertz CT molecular complexity index is 2990. The van der Waals surface area contributed by atoms with Gasteiger partial charge in [-0.3, -0.25) is 0 Å². The number of pyridine rings is 1. The largest absolute Gasteiger partial charge is 0.248 e. The summed E-state index contributed by atoms with van der Waals surface area (Å²) in [6, 6.07) is 57.0. The maximum atomic E-state index is 5.80. The molecule has 0 fully saturated rings. The van der Waals surface area contributed by atoms with Gasteiger partial charge in [-0.25, -0.2) is 4.98 Å². The van der Waals surface area contributed by atoms with Gasteiger partial charge in [0.25, 0.3) is 0 Å². The van der Waals surface area contributed by atoms with E-state index in [4.69, 9.17) is 11.4 Å². The number of hydrogen-bond acceptors (Lipinski definition) is 1. The minimum absolute atomic E-state index is 0.409. The topological polar surface area (TPSA) is 12.9 Å². The van der Waals surface area contributed by atoms with Crippen LogP contribution in [0, 0.1) is 12.3 Å². The quantitative estimate of drug-likeness (QED) is 0.0829. The van der Waals surface area contributed by atoms with Crippen LogP contribution in [0.2, 0.25) is 0 Å². The van der Waals surface area contributed by atoms with Crippen LogP contribution in [-0.2, 0) is 6.42 Å². The van der Waals surface area contributed by atoms with Gasteiger partial charge in [-0.1, -0.05) is 269 Å². The second-order valence-electron chi connectivity index (χ2n) is 15.9. The van der Waals surface area contributed by atoms with Crippen LogP contribution in [0.5, 0.6) is 0 Å². The van der Waals surface area contributed by atoms with Crippen LogP contribution in [0.25, 0.3) is 72.5 Å². The number of allylic oxidation sites excluding steroid dienone is 12. The maximum absolute atomic E-state index is 5.80. The van der Waals surface area contributed by atoms with Crippen molar-refractivity contribution in [2.45, 2.75) is 87.5 Å². The summed E-state index contributed by atoms with van der Waals surface area (Å²) in [6.45, 7) is 26.3. The van der Waals surface area contributed by atoms with Crippen LogP contribution in [0.3, 0.4) is 0 Å². The van der Waals surface area contributed by atoms with Crippen molar-refractivity contribution < 1.29 is 0 Å². The van der Waals surface area contributed by atoms with Gasteiger partial charge in [-0.05, 0) is 116 Å². The van der Waals surface area contributed by atoms with E-state index in [9.17, 15) is 0 Å². The second kappa shape index (κ2) is 30.6. The lowest BCUT2D eigenvalue weighted by atomic mass is 9.89. The molecule has 8 rings (SSSR count). The van der Waals surface area contributed by atoms with Crippen molar-refractivity contribution >= 4 is 5.57 Å². The maximum Gasteiger partial charge on any atom is 0.0721 e. The van der Waals surface area contributed by atoms with Gasteiger partial charge in [-0.15, -0.1) is 6.42 Å². The molecule has 0 amide bonds. The average Bonchev–Trinajstić information content (AvgIpc) is 3.75. The molecule has 6 aromatic carbocycles. The Balaban J connectivity index is 0.00000130. The summed E-state index contributed by atoms with van der Waals surface area (Å²) in [5.74, 6) is 3.21. The third kappa shape index (κ3) is 15.4. The van der Waals surface area contributed by atoms with Gasteiger partial charge >= 0.3 is 0 Å². The standard InChI is InChI=1S/C62H51N.4C2H6/c1-5-8-11-23-45(4)61-43-56(59-36-15-14-34-57(59)54-32-21-31-53(42-54)51-29-19-28-50(40-51)48-25-12-9-10-13-26-48)44-62(63-61)60-37-17-16-35-58(60)55-33-20-30-52(41-55)49-27-18-24-47(39-49)38-46(7-3)22-6-2;4*1-2/h3,5-6,8-12,14-25,27-37,39-44,48H,2,4,13,26,38H2,1H3;4*1-2H3/b8-5-,23-11-,46-22+;;;;. The Morgan fingerprint density at radius 3 is 1.73 bits per heavy atom. The Morgan fingerprint density at radius 1 is 0.592 bits per heavy atom. The molecule has 0 saturated heterocycles. The van der Waals surface area contributed by atoms with E-state index in [0.29, 0.717) is 12.3 Å². The molecule has 1 unspecified atom stereocenters. The van der Waals surface area contributed by atoms with Crippen molar-refractivity contribution in [3.63, 3.8) is 0 Å². The molecular formula is C70H75N. The first-order valence-electron chi connectivity index (χ1n) is 25.7. The number of nitrogens with zero attached hydrogens (tertiary/aromatic N) is 1. The van der Waals surface area contributed by atoms with Crippen LogP contribution >= 0.6 is 0 Å². The third-order valence-corrected chi connectivity index (χ3v) is 11.6. The zero-order valence-corrected chi connectivity index (χ0v) is 43.9. The zero-order valence-electron chi connectivity index (χ0n) is 43.9. The van der Waals surface area contributed by atoms with Gasteiger partial charge in [0, 0.05) is 23.5 Å². The highest BCUT2D eigenvalue weighted by Gasteiger charge is 2.17. The van der Waals surface area contributed by atoms with Crippen LogP contribution in [0.15, 0.2) is 237 Å². The minimum atomic E-state index is 0.409. The first kappa shape index (κ1) is 55.8. The minimum Gasteiger partial charge on any atom is -0.248 e. The summed E-state index contributed by atoms with van der Waals surface area (Å²) >= 11 is 0. The lowest BCUT2D eigenvalue weighted by Gasteiger charge is -2.17. The van der Waals surface area contributed by atoms with Crippen LogP contribution < -0.4 is 0 Å². The molecule has 1 aliphatic rings. The molecule has 0 saturated carbocycles. The lowest BCUT2D eigenvalue weighted by Crippen LogP contribution is -1.96. The van der Waals surface area contributed by atoms with E-state index >= 15 is 0 Å². The van der Waals surface area contributed by atoms with Crippen molar-refractivity contribution in [1.29, 1.82) is 0 Å². The van der Waals surface area contributed by atoms with Crippen molar-refractivity contribution in [1.82, 2.24) is 4.98 Å². The van der Waals surface area contributed by atoms with Crippen molar-refractivity contribution in [2.24, 2.45) is 0 Å². The third-order valence-electron chi connectivity index (χ3n) is 11.6. The van der Waals surface area contributed by atoms with E-state index in [2.05, 4.69) is 201 Å². The highest BCUT2D eigenvalue weighted by Crippen LogP contribution is 2.40. The molecule has 360 valence electrons. The van der Waals surface area contributed by atoms with Gasteiger partial charge in [0.15, 0.2) is 0 Å². The highest BCUT2D eigenvalue weighted by molar-refractivity contribution is 5.91. The number of rotatable bonds is 13. The smallest absolute Gasteiger partial charge is 0.0721 e. The van der Waals surface area contributed by atoms with Crippen LogP contribution in [0.1, 0.15) is 97.9 Å². The van der Waals surface area contributed by atoms with Gasteiger partial charge < -0.3 is 0 Å². The van der Waals surface area contributed by atoms with Gasteiger partial charge in [0.2, 0.25) is 0 Å². The summed E-state index contributed by atoms with van der Waals surface area (Å²) in [4.78, 5) is 5.33. The molecule has 1 nitrogen and oxygen atoms in total. The molecule has 0 spiro atoms. The Morgan fingerprint density at radius 2 is 1.13 bits per heavy atom. The van der Waals surface area contributed by atoms with Gasteiger partial charge in [-0.2, -0.15) is 0 Å². The Hall–Kier alpha value is -7.79. The second-order valence-corrected chi connectivity index (χ2v) is 15.9. The molecule has 1 heterocycles. The van der Waals surface area contributed by atoms with Crippen molar-refractivity contribution in [3.8, 4) is 79.2 Å². The molecule has 7 aromatic rings. The molecule has 71 heavy (non-hydrogen) atoms. The van der Waals surface area contributed by atoms with E-state index in [1.807, 2.05) is 92.7 Å². The molecule has 1 aliphatic carbocycles. The molecule has 1 atom stereocenters. The fourth-order valence-corrected chi connectivity index (χ4v) is 8.39. The van der Waals surface area contributed by atoms with E-state index in [-0.39, 0.29) is 0 Å². The molecule has 0 N–H and O–H groups in total. The van der Waals surface area contributed by atoms with Crippen molar-refractivity contribution in [3.05, 3.63) is 254 Å². The summed E-state index contributed by atoms with van der Waals surface area (Å²) in [7, 11) is 0. The molecule has 0 radical (unpaired) electrons. The molecule has 1 heteroatoms. The zero-order chi connectivity index (χ0) is 51.4. The van der Waals surface area contributed by atoms with E-state index in [1.165, 1.54) is 16.7 Å². The summed E-state index contributed by atoms with van der Waals surface area (Å²) in [6.07, 6.45) is 29.3. The summed E-state index contributed by atoms with van der Waals surface area (Å²) in [5.41, 5.74) is 18.4. The highest BCUT2D eigenvalue weighted by atomic mass is 14.7. The van der Waals surface area contributed by atoms with Crippen molar-refractivity contribution in [2.75, 3.05) is 0 Å². The number of hydrogen-bond donors (Lipinski definition) is 0. The first-order chi connectivity index (χ1) is 35.0. The first-order valence-corrected chi connectivity index (χ1v) is 25.7. The predicted octanol–water partition coefficient (Wildman–Crippen LogP) is 20.6. The molecule has 1 aromatic heterocycles. The summed E-state index contributed by atoms with van der Waals surface area (Å²) in [5, 5.41) is 0. The molecular weight excluding hydrogens is 855 g/mol. The Labute approximate surface area is 429 Å². The van der Waals surface area contributed by atoms with E-state index < -0.39 is 0 Å². The van der Waals surface area contributed by atoms with Gasteiger partial charge in [0.1, 0.15) is 0 Å². The van der Waals surface area contributed by atoms with E-state index in [0.717, 1.165) is 91.0 Å². The normalized spacial score (nSPS) is 12.6. The lowest BCUT2D eigenvalue weighted by molar-refractivity contribution is 0.756. The van der Waals surface area contributed by atoms with E-state index in [1.54, 1.807) is 6.08 Å². The fraction of sp³-hybridized carbons (Fsp3) is 0.186. The number of terminal acetylenes is 1. The molecule has 0 bridgehead atoms. The van der Waals surface area contributed by atoms with Crippen LogP contribution in [0.4, 0.5) is 0 Å². The molecule has 0 aliphatic heterocycles. The van der Waals surface area contributed by atoms with Gasteiger partial charge in [0.05, 0.1) is 11.4 Å². The average molecular weight is 930 g/mol. The number of aromatic nitrogens is 1. The Kier molecular flexibility index (Phi) is 24.1. The number of benzene rings is 6. The monoisotopic (exact) mass is 930 g/mol. The SMILES string of the molecule is C#C/C(=C\C=C)Cc1cccc(-c2cccc(-c3ccccc3-c3cc(-c4ccccc4-c4cccc(-c5cccc(C6C=CC=CCC6)c5)c4)cc(C(=C)/C=C\C=C/C)n3)c2)c1.CC.CC.CC.CC. The fourth-order valence-electron chi connectivity index (χ4n) is 8.39.